The monoisotopic (exact) mass is 213 g/mol. The summed E-state index contributed by atoms with van der Waals surface area (Å²) in [7, 11) is 0. The van der Waals surface area contributed by atoms with Crippen molar-refractivity contribution in [2.45, 2.75) is 12.2 Å². The first-order valence-electron chi connectivity index (χ1n) is 3.07. The molecule has 0 saturated heterocycles. The van der Waals surface area contributed by atoms with Crippen LogP contribution in [0, 0.1) is 0 Å². The van der Waals surface area contributed by atoms with Crippen LogP contribution in [0.2, 0.25) is 0 Å². The molecule has 7 heteroatoms. The number of hydrogen-bond donors (Lipinski definition) is 0. The summed E-state index contributed by atoms with van der Waals surface area (Å²) in [5.41, 5.74) is -0.0764. The van der Waals surface area contributed by atoms with E-state index in [1.807, 2.05) is 0 Å². The van der Waals surface area contributed by atoms with Gasteiger partial charge in [0.2, 0.25) is 0 Å². The number of alkyl halides is 2. The average Bonchev–Trinajstić information content (AvgIpc) is 1.99. The summed E-state index contributed by atoms with van der Waals surface area (Å²) in [5.74, 6) is -1.05. The minimum absolute atomic E-state index is 0.0764. The average molecular weight is 213 g/mol. The normalized spacial score (nSPS) is 13.5. The summed E-state index contributed by atoms with van der Waals surface area (Å²) in [6.07, 6.45) is 0. The van der Waals surface area contributed by atoms with Gasteiger partial charge in [0.15, 0.2) is 6.61 Å². The van der Waals surface area contributed by atoms with Gasteiger partial charge in [-0.2, -0.15) is 8.78 Å². The van der Waals surface area contributed by atoms with Gasteiger partial charge < -0.3 is 9.29 Å². The van der Waals surface area contributed by atoms with Crippen LogP contribution in [0.4, 0.5) is 8.78 Å². The van der Waals surface area contributed by atoms with Gasteiger partial charge in [0.05, 0.1) is 0 Å². The molecule has 0 amide bonds. The second kappa shape index (κ2) is 4.43. The number of rotatable bonds is 4. The molecule has 0 bridgehead atoms. The van der Waals surface area contributed by atoms with E-state index in [4.69, 9.17) is 0 Å². The molecule has 0 aliphatic heterocycles. The SMILES string of the molecule is C=C(C)C(=O)OCC(F)(F)S(=O)[O-]. The summed E-state index contributed by atoms with van der Waals surface area (Å²) >= 11 is -3.60. The minimum atomic E-state index is -4.05. The smallest absolute Gasteiger partial charge is 0.342 e. The standard InChI is InChI=1S/C6H8F2O4S/c1-4(2)5(9)12-3-6(7,8)13(10)11/h1,3H2,2H3,(H,10,11)/p-1. The highest BCUT2D eigenvalue weighted by molar-refractivity contribution is 7.80. The van der Waals surface area contributed by atoms with Crippen molar-refractivity contribution in [2.24, 2.45) is 0 Å². The summed E-state index contributed by atoms with van der Waals surface area (Å²) in [6, 6.07) is 0. The molecule has 0 aromatic carbocycles. The highest BCUT2D eigenvalue weighted by Crippen LogP contribution is 2.17. The molecular weight excluding hydrogens is 206 g/mol. The van der Waals surface area contributed by atoms with Crippen LogP contribution in [0.3, 0.4) is 0 Å². The van der Waals surface area contributed by atoms with Gasteiger partial charge >= 0.3 is 11.2 Å². The van der Waals surface area contributed by atoms with Gasteiger partial charge in [0.25, 0.3) is 0 Å². The maximum absolute atomic E-state index is 12.3. The van der Waals surface area contributed by atoms with Crippen LogP contribution in [-0.4, -0.2) is 26.6 Å². The first-order valence-corrected chi connectivity index (χ1v) is 4.14. The van der Waals surface area contributed by atoms with Gasteiger partial charge in [0, 0.05) is 16.7 Å². The fraction of sp³-hybridized carbons (Fsp3) is 0.500. The molecule has 0 saturated carbocycles. The van der Waals surface area contributed by atoms with E-state index >= 15 is 0 Å². The Kier molecular flexibility index (Phi) is 4.15. The molecular formula is C6H7F2O4S-. The lowest BCUT2D eigenvalue weighted by atomic mass is 10.4. The lowest BCUT2D eigenvalue weighted by Crippen LogP contribution is -2.30. The Balaban J connectivity index is 4.10. The molecule has 0 N–H and O–H groups in total. The predicted octanol–water partition coefficient (Wildman–Crippen LogP) is 0.578. The molecule has 0 aromatic rings. The highest BCUT2D eigenvalue weighted by Gasteiger charge is 2.32. The summed E-state index contributed by atoms with van der Waals surface area (Å²) in [6.45, 7) is 2.89. The molecule has 0 aliphatic rings. The van der Waals surface area contributed by atoms with E-state index < -0.39 is 28.9 Å². The molecule has 0 fully saturated rings. The zero-order chi connectivity index (χ0) is 10.6. The molecule has 1 atom stereocenters. The van der Waals surface area contributed by atoms with E-state index in [-0.39, 0.29) is 5.57 Å². The number of hydrogen-bond acceptors (Lipinski definition) is 4. The van der Waals surface area contributed by atoms with E-state index in [1.54, 1.807) is 0 Å². The number of esters is 1. The molecule has 0 aliphatic carbocycles. The Bertz CT molecular complexity index is 251. The lowest BCUT2D eigenvalue weighted by molar-refractivity contribution is -0.144. The molecule has 0 aromatic heterocycles. The number of ether oxygens (including phenoxy) is 1. The molecule has 0 heterocycles. The number of halogens is 2. The summed E-state index contributed by atoms with van der Waals surface area (Å²) in [4.78, 5) is 10.6. The van der Waals surface area contributed by atoms with Crippen LogP contribution in [0.5, 0.6) is 0 Å². The van der Waals surface area contributed by atoms with Crippen molar-refractivity contribution >= 4 is 17.0 Å². The second-order valence-corrected chi connectivity index (χ2v) is 3.30. The van der Waals surface area contributed by atoms with Crippen LogP contribution in [-0.2, 0) is 20.6 Å². The van der Waals surface area contributed by atoms with Gasteiger partial charge in [-0.05, 0) is 6.92 Å². The van der Waals surface area contributed by atoms with Gasteiger partial charge in [-0.25, -0.2) is 4.79 Å². The Labute approximate surface area is 75.9 Å². The third kappa shape index (κ3) is 4.09. The predicted molar refractivity (Wildman–Crippen MR) is 39.6 cm³/mol. The first-order chi connectivity index (χ1) is 5.77. The van der Waals surface area contributed by atoms with Crippen molar-refractivity contribution in [2.75, 3.05) is 6.61 Å². The van der Waals surface area contributed by atoms with Crippen molar-refractivity contribution in [1.29, 1.82) is 0 Å². The van der Waals surface area contributed by atoms with Crippen LogP contribution >= 0.6 is 0 Å². The molecule has 1 unspecified atom stereocenters. The fourth-order valence-electron chi connectivity index (χ4n) is 0.321. The molecule has 0 spiro atoms. The molecule has 76 valence electrons. The third-order valence-electron chi connectivity index (χ3n) is 0.964. The first kappa shape index (κ1) is 12.2. The molecule has 13 heavy (non-hydrogen) atoms. The van der Waals surface area contributed by atoms with Crippen LogP contribution in [0.1, 0.15) is 6.92 Å². The number of carbonyl (C=O) groups excluding carboxylic acids is 1. The van der Waals surface area contributed by atoms with Gasteiger partial charge in [0.1, 0.15) is 0 Å². The maximum Gasteiger partial charge on any atom is 0.342 e. The lowest BCUT2D eigenvalue weighted by Gasteiger charge is -2.18. The maximum atomic E-state index is 12.3. The zero-order valence-electron chi connectivity index (χ0n) is 6.71. The van der Waals surface area contributed by atoms with Crippen molar-refractivity contribution in [1.82, 2.24) is 0 Å². The quantitative estimate of drug-likeness (QED) is 0.389. The van der Waals surface area contributed by atoms with Crippen molar-refractivity contribution in [3.8, 4) is 0 Å². The number of carbonyl (C=O) groups is 1. The van der Waals surface area contributed by atoms with E-state index in [0.717, 1.165) is 0 Å². The zero-order valence-corrected chi connectivity index (χ0v) is 7.53. The third-order valence-corrected chi connectivity index (χ3v) is 1.57. The van der Waals surface area contributed by atoms with Crippen molar-refractivity contribution in [3.05, 3.63) is 12.2 Å². The molecule has 4 nitrogen and oxygen atoms in total. The van der Waals surface area contributed by atoms with E-state index in [2.05, 4.69) is 11.3 Å². The van der Waals surface area contributed by atoms with Gasteiger partial charge in [-0.15, -0.1) is 0 Å². The largest absolute Gasteiger partial charge is 0.768 e. The van der Waals surface area contributed by atoms with Crippen molar-refractivity contribution < 1.29 is 27.1 Å². The van der Waals surface area contributed by atoms with E-state index in [1.165, 1.54) is 6.92 Å². The minimum Gasteiger partial charge on any atom is -0.768 e. The topological polar surface area (TPSA) is 66.4 Å². The molecule has 0 rings (SSSR count). The Hall–Kier alpha value is -0.820. The van der Waals surface area contributed by atoms with Gasteiger partial charge in [-0.1, -0.05) is 6.58 Å². The summed E-state index contributed by atoms with van der Waals surface area (Å²) < 4.78 is 48.1. The Morgan fingerprint density at radius 1 is 1.69 bits per heavy atom. The van der Waals surface area contributed by atoms with Crippen LogP contribution in [0.25, 0.3) is 0 Å². The van der Waals surface area contributed by atoms with Crippen LogP contribution < -0.4 is 0 Å². The highest BCUT2D eigenvalue weighted by atomic mass is 32.2. The Morgan fingerprint density at radius 2 is 2.15 bits per heavy atom. The van der Waals surface area contributed by atoms with E-state index in [9.17, 15) is 22.3 Å². The van der Waals surface area contributed by atoms with Gasteiger partial charge in [-0.3, -0.25) is 4.21 Å². The fourth-order valence-corrected chi connectivity index (χ4v) is 0.476. The van der Waals surface area contributed by atoms with Crippen molar-refractivity contribution in [3.63, 3.8) is 0 Å². The molecule has 0 radical (unpaired) electrons. The Morgan fingerprint density at radius 3 is 2.46 bits per heavy atom. The summed E-state index contributed by atoms with van der Waals surface area (Å²) in [5, 5.41) is -4.05. The van der Waals surface area contributed by atoms with Crippen LogP contribution in [0.15, 0.2) is 12.2 Å². The van der Waals surface area contributed by atoms with E-state index in [0.29, 0.717) is 0 Å². The second-order valence-electron chi connectivity index (χ2n) is 2.23.